The molecule has 228 valence electrons. The number of fused-ring (bicyclic) bond motifs is 1. The van der Waals surface area contributed by atoms with Crippen LogP contribution in [0.5, 0.6) is 0 Å². The molecule has 1 aromatic carbocycles. The number of likely N-dealkylation sites (N-methyl/N-ethyl adjacent to an activating group) is 1. The number of hydrogen-bond donors (Lipinski definition) is 3. The number of hydrazine groups is 1. The first-order valence-corrected chi connectivity index (χ1v) is 14.6. The molecular formula is C31H36N10O3. The van der Waals surface area contributed by atoms with E-state index in [1.54, 1.807) is 22.2 Å². The van der Waals surface area contributed by atoms with Gasteiger partial charge in [0.05, 0.1) is 41.5 Å². The maximum Gasteiger partial charge on any atom is 0.339 e. The number of allylic oxidation sites excluding steroid dienone is 2. The Bertz CT molecular complexity index is 1870. The van der Waals surface area contributed by atoms with Crippen LogP contribution in [-0.2, 0) is 4.74 Å². The van der Waals surface area contributed by atoms with Crippen LogP contribution in [0.3, 0.4) is 0 Å². The largest absolute Gasteiger partial charge is 0.382 e. The Morgan fingerprint density at radius 1 is 1.07 bits per heavy atom. The van der Waals surface area contributed by atoms with Gasteiger partial charge in [0.2, 0.25) is 0 Å². The van der Waals surface area contributed by atoms with Crippen LogP contribution in [0.4, 0.5) is 16.3 Å². The van der Waals surface area contributed by atoms with Crippen molar-refractivity contribution in [2.24, 2.45) is 10.8 Å². The molecule has 6 rings (SSSR count). The number of nitrogen functional groups attached to an aromatic ring is 1. The number of nitrogens with zero attached hydrogens (tertiary/aromatic N) is 7. The minimum atomic E-state index is -0.273. The molecule has 13 heteroatoms. The van der Waals surface area contributed by atoms with Crippen molar-refractivity contribution in [1.82, 2.24) is 29.9 Å². The lowest BCUT2D eigenvalue weighted by molar-refractivity contribution is 0.0302. The van der Waals surface area contributed by atoms with E-state index in [2.05, 4.69) is 20.1 Å². The molecule has 13 nitrogen and oxygen atoms in total. The van der Waals surface area contributed by atoms with Gasteiger partial charge in [0, 0.05) is 67.0 Å². The van der Waals surface area contributed by atoms with Crippen molar-refractivity contribution in [2.45, 2.75) is 6.92 Å². The van der Waals surface area contributed by atoms with Crippen molar-refractivity contribution in [1.29, 1.82) is 0 Å². The molecule has 2 saturated heterocycles. The number of nitrogens with two attached hydrogens (primary N) is 2. The Morgan fingerprint density at radius 2 is 1.84 bits per heavy atom. The van der Waals surface area contributed by atoms with Gasteiger partial charge in [0.1, 0.15) is 0 Å². The first-order valence-electron chi connectivity index (χ1n) is 14.6. The Kier molecular flexibility index (Phi) is 8.24. The average molecular weight is 597 g/mol. The van der Waals surface area contributed by atoms with Crippen LogP contribution in [0.15, 0.2) is 47.7 Å². The number of urea groups is 1. The molecule has 0 unspecified atom stereocenters. The monoisotopic (exact) mass is 596 g/mol. The van der Waals surface area contributed by atoms with Gasteiger partial charge >= 0.3 is 6.03 Å². The fourth-order valence-electron chi connectivity index (χ4n) is 5.53. The summed E-state index contributed by atoms with van der Waals surface area (Å²) in [6.45, 7) is 6.89. The number of aromatic nitrogens is 3. The number of morpholine rings is 1. The van der Waals surface area contributed by atoms with E-state index in [1.807, 2.05) is 56.5 Å². The van der Waals surface area contributed by atoms with Gasteiger partial charge in [0.25, 0.3) is 5.91 Å². The van der Waals surface area contributed by atoms with Crippen LogP contribution in [0.25, 0.3) is 23.4 Å². The average Bonchev–Trinajstić information content (AvgIpc) is 3.66. The van der Waals surface area contributed by atoms with E-state index < -0.39 is 0 Å². The molecule has 44 heavy (non-hydrogen) atoms. The van der Waals surface area contributed by atoms with Gasteiger partial charge in [0.15, 0.2) is 5.82 Å². The van der Waals surface area contributed by atoms with Gasteiger partial charge in [-0.3, -0.25) is 14.9 Å². The molecule has 0 atom stereocenters. The fraction of sp³-hybridized carbons (Fsp3) is 0.323. The summed E-state index contributed by atoms with van der Waals surface area (Å²) < 4.78 is 5.41. The van der Waals surface area contributed by atoms with E-state index in [4.69, 9.17) is 21.3 Å². The standard InChI is InChI=1S/C31H36N10O3/c1-3-20(21-15-22(19-34-18-21)41(33)31(43)40-9-7-38(2)8-10-40)16-25-28(36-37-29(25)32)27-17-24-23(5-4-6-26(24)35-27)30(42)39-11-13-44-14-12-39/h3-6,15-19,36H,7-14,33H2,1-2H3,(H2,32,37)/b20-3+,25-16-,28-27?. The third-order valence-corrected chi connectivity index (χ3v) is 8.15. The number of nitrogens with one attached hydrogen (secondary N) is 1. The maximum absolute atomic E-state index is 13.3. The molecular weight excluding hydrogens is 560 g/mol. The van der Waals surface area contributed by atoms with E-state index in [0.717, 1.165) is 34.5 Å². The molecule has 5 N–H and O–H groups in total. The van der Waals surface area contributed by atoms with Crippen molar-refractivity contribution in [3.05, 3.63) is 75.0 Å². The third kappa shape index (κ3) is 5.72. The predicted octanol–water partition coefficient (Wildman–Crippen LogP) is -0.987. The molecule has 3 aliphatic heterocycles. The highest BCUT2D eigenvalue weighted by atomic mass is 16.5. The van der Waals surface area contributed by atoms with Gasteiger partial charge < -0.3 is 25.2 Å². The van der Waals surface area contributed by atoms with Crippen LogP contribution in [0.2, 0.25) is 0 Å². The number of carbonyl (C=O) groups is 2. The van der Waals surface area contributed by atoms with Crippen LogP contribution in [0.1, 0.15) is 22.8 Å². The quantitative estimate of drug-likeness (QED) is 0.197. The minimum absolute atomic E-state index is 0.0441. The van der Waals surface area contributed by atoms with Gasteiger partial charge in [-0.25, -0.2) is 20.6 Å². The summed E-state index contributed by atoms with van der Waals surface area (Å²) in [4.78, 5) is 41.3. The molecule has 5 heterocycles. The molecule has 2 aromatic heterocycles. The highest BCUT2D eigenvalue weighted by Crippen LogP contribution is 2.21. The van der Waals surface area contributed by atoms with E-state index in [-0.39, 0.29) is 11.9 Å². The summed E-state index contributed by atoms with van der Waals surface area (Å²) in [6, 6.07) is 7.10. The molecule has 3 aliphatic rings. The van der Waals surface area contributed by atoms with Gasteiger partial charge in [-0.15, -0.1) is 0 Å². The molecule has 0 radical (unpaired) electrons. The van der Waals surface area contributed by atoms with Crippen LogP contribution in [0, 0.1) is 0 Å². The van der Waals surface area contributed by atoms with Crippen LogP contribution < -0.4 is 37.7 Å². The van der Waals surface area contributed by atoms with Crippen molar-refractivity contribution in [2.75, 3.05) is 70.3 Å². The normalized spacial score (nSPS) is 19.0. The van der Waals surface area contributed by atoms with Gasteiger partial charge in [-0.2, -0.15) is 5.10 Å². The molecule has 0 spiro atoms. The van der Waals surface area contributed by atoms with Crippen molar-refractivity contribution >= 4 is 46.9 Å². The van der Waals surface area contributed by atoms with E-state index >= 15 is 0 Å². The van der Waals surface area contributed by atoms with Crippen LogP contribution in [-0.4, -0.2) is 101 Å². The lowest BCUT2D eigenvalue weighted by Crippen LogP contribution is -2.54. The molecule has 0 saturated carbocycles. The number of anilines is 2. The molecule has 0 aliphatic carbocycles. The number of amides is 3. The Hall–Kier alpha value is -4.85. The smallest absolute Gasteiger partial charge is 0.339 e. The van der Waals surface area contributed by atoms with Crippen molar-refractivity contribution in [3.8, 4) is 0 Å². The van der Waals surface area contributed by atoms with Crippen molar-refractivity contribution in [3.63, 3.8) is 0 Å². The van der Waals surface area contributed by atoms with Crippen LogP contribution >= 0.6 is 0 Å². The zero-order valence-corrected chi connectivity index (χ0v) is 24.9. The number of H-pyrrole nitrogens is 1. The molecule has 3 amide bonds. The summed E-state index contributed by atoms with van der Waals surface area (Å²) in [7, 11) is 2.03. The zero-order valence-electron chi connectivity index (χ0n) is 24.9. The Labute approximate surface area is 254 Å². The highest BCUT2D eigenvalue weighted by molar-refractivity contribution is 5.97. The maximum atomic E-state index is 13.3. The number of benzene rings is 1. The second-order valence-electron chi connectivity index (χ2n) is 10.9. The first kappa shape index (κ1) is 29.2. The zero-order chi connectivity index (χ0) is 30.8. The van der Waals surface area contributed by atoms with E-state index in [1.165, 1.54) is 0 Å². The predicted molar refractivity (Wildman–Crippen MR) is 168 cm³/mol. The minimum Gasteiger partial charge on any atom is -0.382 e. The summed E-state index contributed by atoms with van der Waals surface area (Å²) in [5.41, 5.74) is 9.57. The fourth-order valence-corrected chi connectivity index (χ4v) is 5.53. The number of hydrogen-bond acceptors (Lipinski definition) is 9. The summed E-state index contributed by atoms with van der Waals surface area (Å²) in [5.74, 6) is 6.53. The number of aromatic amines is 1. The Balaban J connectivity index is 1.34. The topological polar surface area (TPSA) is 162 Å². The SMILES string of the molecule is C/C=C(\C=c1/c(N)n[nH]c1=C1C=c2c(C(=O)N3CCOCC3)cccc2=N1)c1cncc(N(N)C(=O)N2CCN(C)CC2)c1. The Morgan fingerprint density at radius 3 is 2.59 bits per heavy atom. The number of rotatable bonds is 4. The number of pyridine rings is 1. The second-order valence-corrected chi connectivity index (χ2v) is 10.9. The number of ether oxygens (including phenoxy) is 1. The van der Waals surface area contributed by atoms with Crippen molar-refractivity contribution < 1.29 is 14.3 Å². The molecule has 3 aromatic rings. The van der Waals surface area contributed by atoms with Gasteiger partial charge in [-0.05, 0) is 49.9 Å². The lowest BCUT2D eigenvalue weighted by Gasteiger charge is -2.34. The molecule has 2 fully saturated rings. The van der Waals surface area contributed by atoms with E-state index in [0.29, 0.717) is 78.1 Å². The highest BCUT2D eigenvalue weighted by Gasteiger charge is 2.24. The summed E-state index contributed by atoms with van der Waals surface area (Å²) in [6.07, 6.45) is 8.99. The lowest BCUT2D eigenvalue weighted by atomic mass is 10.1. The van der Waals surface area contributed by atoms with Gasteiger partial charge in [-0.1, -0.05) is 12.1 Å². The molecule has 0 bridgehead atoms. The second kappa shape index (κ2) is 12.4. The number of piperazine rings is 1. The third-order valence-electron chi connectivity index (χ3n) is 8.15. The number of carbonyl (C=O) groups excluding carboxylic acids is 2. The first-order chi connectivity index (χ1) is 21.3. The summed E-state index contributed by atoms with van der Waals surface area (Å²) in [5, 5.41) is 11.2. The summed E-state index contributed by atoms with van der Waals surface area (Å²) >= 11 is 0. The van der Waals surface area contributed by atoms with E-state index in [9.17, 15) is 9.59 Å².